The van der Waals surface area contributed by atoms with Crippen molar-refractivity contribution in [3.05, 3.63) is 40.9 Å². The highest BCUT2D eigenvalue weighted by atomic mass is 16.3. The van der Waals surface area contributed by atoms with E-state index < -0.39 is 0 Å². The standard InChI is InChI=1S/C11H5N3O/c12-6-7-5-10(14-13)11(15)9-4-2-1-3-8(7)9/h1-5H/p+1. The van der Waals surface area contributed by atoms with E-state index in [0.29, 0.717) is 16.3 Å². The van der Waals surface area contributed by atoms with Gasteiger partial charge in [-0.15, -0.1) is 0 Å². The van der Waals surface area contributed by atoms with Crippen LogP contribution in [0.2, 0.25) is 0 Å². The van der Waals surface area contributed by atoms with Crippen LogP contribution in [0.3, 0.4) is 0 Å². The highest BCUT2D eigenvalue weighted by molar-refractivity contribution is 5.97. The van der Waals surface area contributed by atoms with Crippen molar-refractivity contribution in [2.24, 2.45) is 0 Å². The van der Waals surface area contributed by atoms with Crippen molar-refractivity contribution in [2.45, 2.75) is 0 Å². The molecule has 1 N–H and O–H groups in total. The second-order valence-electron chi connectivity index (χ2n) is 3.05. The zero-order valence-corrected chi connectivity index (χ0v) is 7.68. The second kappa shape index (κ2) is 3.28. The van der Waals surface area contributed by atoms with Crippen LogP contribution in [-0.4, -0.2) is 5.11 Å². The van der Waals surface area contributed by atoms with Gasteiger partial charge in [0.25, 0.3) is 0 Å². The quantitative estimate of drug-likeness (QED) is 0.658. The zero-order chi connectivity index (χ0) is 10.8. The summed E-state index contributed by atoms with van der Waals surface area (Å²) in [5.41, 5.74) is 0.376. The maximum Gasteiger partial charge on any atom is 0.428 e. The molecule has 2 aromatic carbocycles. The van der Waals surface area contributed by atoms with Gasteiger partial charge in [0.15, 0.2) is 4.98 Å². The van der Waals surface area contributed by atoms with Crippen LogP contribution in [0.5, 0.6) is 5.75 Å². The monoisotopic (exact) mass is 196 g/mol. The molecule has 0 bridgehead atoms. The lowest BCUT2D eigenvalue weighted by Crippen LogP contribution is -1.80. The van der Waals surface area contributed by atoms with Crippen molar-refractivity contribution in [1.82, 2.24) is 0 Å². The Morgan fingerprint density at radius 2 is 1.87 bits per heavy atom. The van der Waals surface area contributed by atoms with E-state index in [1.807, 2.05) is 6.07 Å². The summed E-state index contributed by atoms with van der Waals surface area (Å²) in [5, 5.41) is 28.4. The molecule has 0 amide bonds. The van der Waals surface area contributed by atoms with E-state index in [9.17, 15) is 5.11 Å². The summed E-state index contributed by atoms with van der Waals surface area (Å²) in [6.07, 6.45) is 0. The summed E-state index contributed by atoms with van der Waals surface area (Å²) in [5.74, 6) is -0.118. The number of fused-ring (bicyclic) bond motifs is 1. The first-order chi connectivity index (χ1) is 7.27. The van der Waals surface area contributed by atoms with Gasteiger partial charge in [0.1, 0.15) is 6.07 Å². The fourth-order valence-corrected chi connectivity index (χ4v) is 1.51. The Morgan fingerprint density at radius 3 is 2.47 bits per heavy atom. The summed E-state index contributed by atoms with van der Waals surface area (Å²) in [4.78, 5) is 2.93. The van der Waals surface area contributed by atoms with Gasteiger partial charge >= 0.3 is 5.69 Å². The molecule has 0 saturated heterocycles. The van der Waals surface area contributed by atoms with Crippen LogP contribution in [0.1, 0.15) is 5.56 Å². The van der Waals surface area contributed by atoms with Gasteiger partial charge in [-0.2, -0.15) is 5.26 Å². The molecule has 0 aromatic heterocycles. The average molecular weight is 196 g/mol. The molecule has 0 atom stereocenters. The summed E-state index contributed by atoms with van der Waals surface area (Å²) in [7, 11) is 0. The van der Waals surface area contributed by atoms with Gasteiger partial charge in [-0.1, -0.05) is 24.3 Å². The van der Waals surface area contributed by atoms with Gasteiger partial charge in [0.2, 0.25) is 11.1 Å². The van der Waals surface area contributed by atoms with Gasteiger partial charge in [-0.3, -0.25) is 0 Å². The maximum absolute atomic E-state index is 9.71. The number of nitriles is 1. The normalized spacial score (nSPS) is 9.47. The molecule has 0 heterocycles. The number of phenolic OH excluding ortho intramolecular Hbond substituents is 1. The minimum atomic E-state index is -0.118. The van der Waals surface area contributed by atoms with Gasteiger partial charge in [-0.05, 0) is 0 Å². The third-order valence-corrected chi connectivity index (χ3v) is 2.22. The number of benzene rings is 2. The minimum absolute atomic E-state index is 0.00486. The van der Waals surface area contributed by atoms with Gasteiger partial charge in [0.05, 0.1) is 11.6 Å². The fourth-order valence-electron chi connectivity index (χ4n) is 1.51. The maximum atomic E-state index is 9.71. The second-order valence-corrected chi connectivity index (χ2v) is 3.05. The Hall–Kier alpha value is -2.59. The Kier molecular flexibility index (Phi) is 1.97. The molecule has 2 rings (SSSR count). The Balaban J connectivity index is 3.00. The van der Waals surface area contributed by atoms with Crippen molar-refractivity contribution in [2.75, 3.05) is 0 Å². The van der Waals surface area contributed by atoms with Gasteiger partial charge in [-0.25, -0.2) is 0 Å². The number of phenols is 1. The molecule has 0 saturated carbocycles. The van der Waals surface area contributed by atoms with E-state index in [0.717, 1.165) is 0 Å². The number of rotatable bonds is 0. The van der Waals surface area contributed by atoms with Crippen molar-refractivity contribution >= 4 is 16.5 Å². The molecule has 4 heteroatoms. The zero-order valence-electron chi connectivity index (χ0n) is 7.68. The first-order valence-corrected chi connectivity index (χ1v) is 4.28. The average Bonchev–Trinajstić information content (AvgIpc) is 2.30. The largest absolute Gasteiger partial charge is 0.501 e. The van der Waals surface area contributed by atoms with Crippen molar-refractivity contribution in [3.63, 3.8) is 0 Å². The van der Waals surface area contributed by atoms with E-state index >= 15 is 0 Å². The number of hydrogen-bond acceptors (Lipinski definition) is 3. The molecule has 4 nitrogen and oxygen atoms in total. The summed E-state index contributed by atoms with van der Waals surface area (Å²) in [6.45, 7) is 0. The van der Waals surface area contributed by atoms with Crippen LogP contribution < -0.4 is 0 Å². The van der Waals surface area contributed by atoms with Crippen LogP contribution >= 0.6 is 0 Å². The lowest BCUT2D eigenvalue weighted by molar-refractivity contribution is 0.484. The lowest BCUT2D eigenvalue weighted by Gasteiger charge is -1.99. The molecule has 15 heavy (non-hydrogen) atoms. The van der Waals surface area contributed by atoms with Crippen LogP contribution in [0.15, 0.2) is 30.3 Å². The highest BCUT2D eigenvalue weighted by Gasteiger charge is 2.19. The smallest absolute Gasteiger partial charge is 0.428 e. The van der Waals surface area contributed by atoms with Crippen LogP contribution in [-0.2, 0) is 0 Å². The van der Waals surface area contributed by atoms with E-state index in [-0.39, 0.29) is 11.4 Å². The molecule has 0 radical (unpaired) electrons. The van der Waals surface area contributed by atoms with Crippen LogP contribution in [0, 0.1) is 16.7 Å². The SMILES string of the molecule is N#Cc1cc([N+]#N)c(O)c2ccccc12. The van der Waals surface area contributed by atoms with Crippen molar-refractivity contribution in [3.8, 4) is 11.8 Å². The first-order valence-electron chi connectivity index (χ1n) is 4.28. The minimum Gasteiger partial charge on any atom is -0.501 e. The van der Waals surface area contributed by atoms with Crippen molar-refractivity contribution < 1.29 is 5.11 Å². The van der Waals surface area contributed by atoms with E-state index in [1.54, 1.807) is 24.3 Å². The molecular formula is C11H6N3O+. The highest BCUT2D eigenvalue weighted by Crippen LogP contribution is 2.36. The number of diazo groups is 1. The van der Waals surface area contributed by atoms with Crippen molar-refractivity contribution in [1.29, 1.82) is 10.7 Å². The van der Waals surface area contributed by atoms with Gasteiger partial charge < -0.3 is 5.11 Å². The third-order valence-electron chi connectivity index (χ3n) is 2.22. The number of hydrogen-bond donors (Lipinski definition) is 1. The first kappa shape index (κ1) is 8.98. The number of nitrogens with zero attached hydrogens (tertiary/aromatic N) is 3. The Labute approximate surface area is 85.6 Å². The number of aromatic hydroxyl groups is 1. The molecule has 70 valence electrons. The molecular weight excluding hydrogens is 190 g/mol. The summed E-state index contributed by atoms with van der Waals surface area (Å²) >= 11 is 0. The summed E-state index contributed by atoms with van der Waals surface area (Å²) in [6, 6.07) is 10.2. The molecule has 0 fully saturated rings. The van der Waals surface area contributed by atoms with Crippen LogP contribution in [0.25, 0.3) is 15.7 Å². The third kappa shape index (κ3) is 1.25. The summed E-state index contributed by atoms with van der Waals surface area (Å²) < 4.78 is 0. The molecule has 0 aliphatic rings. The fraction of sp³-hybridized carbons (Fsp3) is 0. The van der Waals surface area contributed by atoms with Crippen LogP contribution in [0.4, 0.5) is 5.69 Å². The molecule has 0 aliphatic heterocycles. The van der Waals surface area contributed by atoms with Gasteiger partial charge in [0, 0.05) is 10.8 Å². The predicted octanol–water partition coefficient (Wildman–Crippen LogP) is 2.90. The molecule has 2 aromatic rings. The van der Waals surface area contributed by atoms with E-state index in [4.69, 9.17) is 10.7 Å². The van der Waals surface area contributed by atoms with E-state index in [1.165, 1.54) is 6.07 Å². The molecule has 0 spiro atoms. The Bertz CT molecular complexity index is 620. The molecule has 0 unspecified atom stereocenters. The predicted molar refractivity (Wildman–Crippen MR) is 55.1 cm³/mol. The lowest BCUT2D eigenvalue weighted by atomic mass is 10.0. The Morgan fingerprint density at radius 1 is 1.20 bits per heavy atom. The topological polar surface area (TPSA) is 72.2 Å². The van der Waals surface area contributed by atoms with E-state index in [2.05, 4.69) is 4.98 Å². The molecule has 0 aliphatic carbocycles.